The molecule has 0 radical (unpaired) electrons. The second-order valence-corrected chi connectivity index (χ2v) is 7.36. The van der Waals surface area contributed by atoms with Gasteiger partial charge in [0.15, 0.2) is 0 Å². The van der Waals surface area contributed by atoms with Gasteiger partial charge in [0.25, 0.3) is 0 Å². The van der Waals surface area contributed by atoms with E-state index in [2.05, 4.69) is 84.2 Å². The van der Waals surface area contributed by atoms with Crippen LogP contribution in [0.15, 0.2) is 54.6 Å². The fraction of sp³-hybridized carbons (Fsp3) is 0.368. The van der Waals surface area contributed by atoms with Crippen molar-refractivity contribution in [3.8, 4) is 0 Å². The Morgan fingerprint density at radius 2 is 1.95 bits per heavy atom. The summed E-state index contributed by atoms with van der Waals surface area (Å²) in [5.74, 6) is 1.40. The number of allylic oxidation sites excluding steroid dienone is 6. The molecule has 0 amide bonds. The van der Waals surface area contributed by atoms with E-state index in [4.69, 9.17) is 0 Å². The van der Waals surface area contributed by atoms with Gasteiger partial charge in [-0.15, -0.1) is 0 Å². The molecular formula is C19H21I. The van der Waals surface area contributed by atoms with Crippen molar-refractivity contribution < 1.29 is 0 Å². The van der Waals surface area contributed by atoms with Crippen molar-refractivity contribution in [3.63, 3.8) is 0 Å². The van der Waals surface area contributed by atoms with Crippen LogP contribution in [-0.4, -0.2) is 3.92 Å². The Labute approximate surface area is 135 Å². The lowest BCUT2D eigenvalue weighted by molar-refractivity contribution is 0.471. The molecule has 2 aliphatic carbocycles. The highest BCUT2D eigenvalue weighted by Gasteiger charge is 2.21. The Hall–Kier alpha value is -0.830. The van der Waals surface area contributed by atoms with Gasteiger partial charge in [0.05, 0.1) is 0 Å². The predicted octanol–water partition coefficient (Wildman–Crippen LogP) is 5.59. The van der Waals surface area contributed by atoms with E-state index >= 15 is 0 Å². The second-order valence-electron chi connectivity index (χ2n) is 5.92. The third-order valence-electron chi connectivity index (χ3n) is 4.46. The number of hydrogen-bond acceptors (Lipinski definition) is 0. The topological polar surface area (TPSA) is 0 Å². The van der Waals surface area contributed by atoms with Gasteiger partial charge in [-0.2, -0.15) is 0 Å². The van der Waals surface area contributed by atoms with E-state index in [-0.39, 0.29) is 0 Å². The second kappa shape index (κ2) is 6.30. The molecule has 20 heavy (non-hydrogen) atoms. The fourth-order valence-corrected chi connectivity index (χ4v) is 4.13. The first kappa shape index (κ1) is 14.1. The third-order valence-corrected chi connectivity index (χ3v) is 5.80. The van der Waals surface area contributed by atoms with Crippen LogP contribution in [0.1, 0.15) is 30.9 Å². The average Bonchev–Trinajstić information content (AvgIpc) is 2.62. The Kier molecular flexibility index (Phi) is 4.45. The minimum absolute atomic E-state index is 0.650. The Morgan fingerprint density at radius 3 is 2.80 bits per heavy atom. The average molecular weight is 376 g/mol. The summed E-state index contributed by atoms with van der Waals surface area (Å²) >= 11 is 2.57. The van der Waals surface area contributed by atoms with Crippen LogP contribution in [0.2, 0.25) is 0 Å². The van der Waals surface area contributed by atoms with Crippen molar-refractivity contribution in [2.75, 3.05) is 0 Å². The zero-order valence-electron chi connectivity index (χ0n) is 11.9. The standard InChI is InChI=1S/C19H21I/c1-14-12-15(13-17-7-3-5-9-19(17)20)10-11-16-6-2-4-8-18(14)16/h2-9,12,15,17,19H,10-11,13H2,1H3. The van der Waals surface area contributed by atoms with Crippen LogP contribution in [0.4, 0.5) is 0 Å². The zero-order valence-corrected chi connectivity index (χ0v) is 14.1. The molecule has 0 spiro atoms. The third kappa shape index (κ3) is 3.08. The molecule has 0 fully saturated rings. The van der Waals surface area contributed by atoms with Crippen molar-refractivity contribution in [1.29, 1.82) is 0 Å². The first-order chi connectivity index (χ1) is 9.74. The SMILES string of the molecule is CC1=CC(CC2C=CC=CC2I)CCc2ccccc21. The summed E-state index contributed by atoms with van der Waals surface area (Å²) in [6.07, 6.45) is 15.4. The normalized spacial score (nSPS) is 28.7. The predicted molar refractivity (Wildman–Crippen MR) is 96.1 cm³/mol. The van der Waals surface area contributed by atoms with E-state index in [1.54, 1.807) is 0 Å². The molecule has 3 unspecified atom stereocenters. The van der Waals surface area contributed by atoms with Gasteiger partial charge in [0, 0.05) is 3.92 Å². The molecule has 0 N–H and O–H groups in total. The molecule has 1 aromatic carbocycles. The highest BCUT2D eigenvalue weighted by molar-refractivity contribution is 14.1. The largest absolute Gasteiger partial charge is 0.0800 e. The van der Waals surface area contributed by atoms with Gasteiger partial charge in [-0.25, -0.2) is 0 Å². The number of benzene rings is 1. The summed E-state index contributed by atoms with van der Waals surface area (Å²) in [5.41, 5.74) is 4.44. The van der Waals surface area contributed by atoms with Gasteiger partial charge in [-0.1, -0.05) is 77.2 Å². The van der Waals surface area contributed by atoms with Crippen LogP contribution >= 0.6 is 22.6 Å². The van der Waals surface area contributed by atoms with Crippen molar-refractivity contribution in [1.82, 2.24) is 0 Å². The van der Waals surface area contributed by atoms with E-state index in [0.29, 0.717) is 15.8 Å². The highest BCUT2D eigenvalue weighted by Crippen LogP contribution is 2.34. The van der Waals surface area contributed by atoms with E-state index in [1.807, 2.05) is 0 Å². The van der Waals surface area contributed by atoms with Crippen molar-refractivity contribution in [3.05, 3.63) is 65.8 Å². The maximum absolute atomic E-state index is 2.57. The van der Waals surface area contributed by atoms with E-state index in [1.165, 1.54) is 36.0 Å². The lowest BCUT2D eigenvalue weighted by Crippen LogP contribution is -2.15. The van der Waals surface area contributed by atoms with Crippen LogP contribution in [0, 0.1) is 11.8 Å². The number of fused-ring (bicyclic) bond motifs is 1. The zero-order chi connectivity index (χ0) is 13.9. The molecule has 0 heterocycles. The number of halogens is 1. The Balaban J connectivity index is 1.76. The molecule has 1 heteroatoms. The summed E-state index contributed by atoms with van der Waals surface area (Å²) in [6, 6.07) is 8.89. The monoisotopic (exact) mass is 376 g/mol. The van der Waals surface area contributed by atoms with Crippen molar-refractivity contribution in [2.24, 2.45) is 11.8 Å². The quantitative estimate of drug-likeness (QED) is 0.466. The molecular weight excluding hydrogens is 355 g/mol. The maximum Gasteiger partial charge on any atom is 0.0355 e. The van der Waals surface area contributed by atoms with Crippen LogP contribution in [0.3, 0.4) is 0 Å². The van der Waals surface area contributed by atoms with E-state index in [0.717, 1.165) is 0 Å². The molecule has 104 valence electrons. The first-order valence-corrected chi connectivity index (χ1v) is 8.74. The van der Waals surface area contributed by atoms with Crippen LogP contribution in [-0.2, 0) is 6.42 Å². The maximum atomic E-state index is 2.57. The van der Waals surface area contributed by atoms with Crippen molar-refractivity contribution in [2.45, 2.75) is 30.1 Å². The van der Waals surface area contributed by atoms with Gasteiger partial charge < -0.3 is 0 Å². The van der Waals surface area contributed by atoms with Crippen LogP contribution in [0.25, 0.3) is 5.57 Å². The molecule has 0 nitrogen and oxygen atoms in total. The van der Waals surface area contributed by atoms with Gasteiger partial charge in [-0.3, -0.25) is 0 Å². The van der Waals surface area contributed by atoms with Gasteiger partial charge >= 0.3 is 0 Å². The van der Waals surface area contributed by atoms with Gasteiger partial charge in [0.2, 0.25) is 0 Å². The summed E-state index contributed by atoms with van der Waals surface area (Å²) in [4.78, 5) is 0. The highest BCUT2D eigenvalue weighted by atomic mass is 127. The summed E-state index contributed by atoms with van der Waals surface area (Å²) in [6.45, 7) is 2.27. The summed E-state index contributed by atoms with van der Waals surface area (Å²) in [5, 5.41) is 0. The van der Waals surface area contributed by atoms with E-state index in [9.17, 15) is 0 Å². The van der Waals surface area contributed by atoms with Gasteiger partial charge in [-0.05, 0) is 54.7 Å². The molecule has 3 rings (SSSR count). The Bertz CT molecular complexity index is 565. The molecule has 0 aliphatic heterocycles. The first-order valence-electron chi connectivity index (χ1n) is 7.50. The number of hydrogen-bond donors (Lipinski definition) is 0. The van der Waals surface area contributed by atoms with Crippen LogP contribution in [0.5, 0.6) is 0 Å². The van der Waals surface area contributed by atoms with Gasteiger partial charge in [0.1, 0.15) is 0 Å². The van der Waals surface area contributed by atoms with Crippen molar-refractivity contribution >= 4 is 28.2 Å². The smallest absolute Gasteiger partial charge is 0.0355 e. The van der Waals surface area contributed by atoms with E-state index < -0.39 is 0 Å². The Morgan fingerprint density at radius 1 is 1.15 bits per heavy atom. The summed E-state index contributed by atoms with van der Waals surface area (Å²) in [7, 11) is 0. The molecule has 0 saturated heterocycles. The minimum atomic E-state index is 0.650. The molecule has 0 bridgehead atoms. The van der Waals surface area contributed by atoms with Crippen LogP contribution < -0.4 is 0 Å². The lowest BCUT2D eigenvalue weighted by atomic mass is 9.87. The lowest BCUT2D eigenvalue weighted by Gasteiger charge is -2.23. The number of rotatable bonds is 2. The molecule has 0 saturated carbocycles. The minimum Gasteiger partial charge on any atom is -0.0800 e. The molecule has 1 aromatic rings. The fourth-order valence-electron chi connectivity index (χ4n) is 3.36. The number of aryl methyl sites for hydroxylation is 1. The number of alkyl halides is 1. The molecule has 3 atom stereocenters. The molecule has 2 aliphatic rings. The summed E-state index contributed by atoms with van der Waals surface area (Å²) < 4.78 is 0.650. The molecule has 0 aromatic heterocycles.